The van der Waals surface area contributed by atoms with Gasteiger partial charge in [0.05, 0.1) is 0 Å². The lowest BCUT2D eigenvalue weighted by Gasteiger charge is -2.23. The molecule has 1 aliphatic rings. The number of rotatable bonds is 5. The van der Waals surface area contributed by atoms with Crippen LogP contribution >= 0.6 is 0 Å². The van der Waals surface area contributed by atoms with Crippen LogP contribution in [0.2, 0.25) is 0 Å². The summed E-state index contributed by atoms with van der Waals surface area (Å²) >= 11 is 0. The van der Waals surface area contributed by atoms with Crippen molar-refractivity contribution in [3.8, 4) is 0 Å². The summed E-state index contributed by atoms with van der Waals surface area (Å²) in [5, 5.41) is 6.44. The van der Waals surface area contributed by atoms with Gasteiger partial charge < -0.3 is 15.5 Å². The van der Waals surface area contributed by atoms with Gasteiger partial charge in [-0.05, 0) is 50.0 Å². The number of piperidine rings is 1. The molecule has 2 N–H and O–H groups in total. The van der Waals surface area contributed by atoms with E-state index in [2.05, 4.69) is 39.8 Å². The van der Waals surface area contributed by atoms with E-state index in [4.69, 9.17) is 0 Å². The molecule has 4 nitrogen and oxygen atoms in total. The molecule has 0 atom stereocenters. The number of nitrogens with one attached hydrogen (secondary N) is 2. The predicted octanol–water partition coefficient (Wildman–Crippen LogP) is 1.55. The van der Waals surface area contributed by atoms with Gasteiger partial charge >= 0.3 is 0 Å². The van der Waals surface area contributed by atoms with Crippen LogP contribution in [0.1, 0.15) is 24.8 Å². The first-order valence-electron chi connectivity index (χ1n) is 7.41. The maximum atomic E-state index is 11.9. The average molecular weight is 275 g/mol. The Labute approximate surface area is 121 Å². The number of carbonyl (C=O) groups excluding carboxylic acids is 1. The number of aryl methyl sites for hydroxylation is 1. The van der Waals surface area contributed by atoms with Gasteiger partial charge in [-0.25, -0.2) is 0 Å². The topological polar surface area (TPSA) is 44.4 Å². The average Bonchev–Trinajstić information content (AvgIpc) is 2.46. The van der Waals surface area contributed by atoms with E-state index in [1.807, 2.05) is 14.1 Å². The van der Waals surface area contributed by atoms with E-state index >= 15 is 0 Å². The van der Waals surface area contributed by atoms with Gasteiger partial charge in [0.25, 0.3) is 0 Å². The zero-order valence-electron chi connectivity index (χ0n) is 12.5. The van der Waals surface area contributed by atoms with Crippen LogP contribution in [0.5, 0.6) is 0 Å². The zero-order valence-corrected chi connectivity index (χ0v) is 12.5. The second-order valence-electron chi connectivity index (χ2n) is 5.65. The molecule has 2 rings (SSSR count). The maximum absolute atomic E-state index is 11.9. The van der Waals surface area contributed by atoms with Crippen LogP contribution < -0.4 is 15.5 Å². The van der Waals surface area contributed by atoms with Crippen LogP contribution in [0.25, 0.3) is 0 Å². The lowest BCUT2D eigenvalue weighted by molar-refractivity contribution is -0.121. The fourth-order valence-corrected chi connectivity index (χ4v) is 2.48. The summed E-state index contributed by atoms with van der Waals surface area (Å²) in [5.74, 6) is 0.175. The molecule has 0 aromatic heterocycles. The summed E-state index contributed by atoms with van der Waals surface area (Å²) in [4.78, 5) is 14.0. The Morgan fingerprint density at radius 1 is 1.25 bits per heavy atom. The largest absolute Gasteiger partial charge is 0.378 e. The van der Waals surface area contributed by atoms with Gasteiger partial charge in [-0.3, -0.25) is 4.79 Å². The second kappa shape index (κ2) is 7.29. The van der Waals surface area contributed by atoms with Crippen LogP contribution in [0, 0.1) is 0 Å². The van der Waals surface area contributed by atoms with Crippen molar-refractivity contribution in [1.82, 2.24) is 10.6 Å². The summed E-state index contributed by atoms with van der Waals surface area (Å²) in [7, 11) is 4.06. The third kappa shape index (κ3) is 4.53. The summed E-state index contributed by atoms with van der Waals surface area (Å²) in [6.07, 6.45) is 3.47. The van der Waals surface area contributed by atoms with Gasteiger partial charge in [0.15, 0.2) is 0 Å². The molecule has 0 saturated carbocycles. The van der Waals surface area contributed by atoms with E-state index in [1.54, 1.807) is 0 Å². The van der Waals surface area contributed by atoms with Crippen LogP contribution in [-0.4, -0.2) is 39.1 Å². The molecule has 0 unspecified atom stereocenters. The Morgan fingerprint density at radius 2 is 1.90 bits per heavy atom. The Kier molecular flexibility index (Phi) is 5.41. The number of hydrogen-bond donors (Lipinski definition) is 2. The molecule has 0 spiro atoms. The molecule has 1 aromatic rings. The fraction of sp³-hybridized carbons (Fsp3) is 0.562. The molecule has 1 fully saturated rings. The quantitative estimate of drug-likeness (QED) is 0.857. The standard InChI is InChI=1S/C16H25N3O/c1-19(2)15-6-3-13(4-7-15)5-8-16(20)18-14-9-11-17-12-10-14/h3-4,6-7,14,17H,5,8-12H2,1-2H3,(H,18,20). The SMILES string of the molecule is CN(C)c1ccc(CCC(=O)NC2CCNCC2)cc1. The molecule has 0 aliphatic carbocycles. The number of benzene rings is 1. The van der Waals surface area contributed by atoms with Crippen molar-refractivity contribution in [2.75, 3.05) is 32.1 Å². The summed E-state index contributed by atoms with van der Waals surface area (Å²) in [5.41, 5.74) is 2.41. The minimum Gasteiger partial charge on any atom is -0.378 e. The van der Waals surface area contributed by atoms with Gasteiger partial charge in [0.2, 0.25) is 5.91 Å². The zero-order chi connectivity index (χ0) is 14.4. The molecule has 0 bridgehead atoms. The summed E-state index contributed by atoms with van der Waals surface area (Å²) < 4.78 is 0. The third-order valence-electron chi connectivity index (χ3n) is 3.80. The normalized spacial score (nSPS) is 15.9. The van der Waals surface area contributed by atoms with Crippen LogP contribution in [-0.2, 0) is 11.2 Å². The van der Waals surface area contributed by atoms with Crippen LogP contribution in [0.4, 0.5) is 5.69 Å². The molecule has 20 heavy (non-hydrogen) atoms. The van der Waals surface area contributed by atoms with Crippen molar-refractivity contribution < 1.29 is 4.79 Å². The molecule has 0 radical (unpaired) electrons. The van der Waals surface area contributed by atoms with Crippen molar-refractivity contribution in [3.05, 3.63) is 29.8 Å². The number of anilines is 1. The highest BCUT2D eigenvalue weighted by Crippen LogP contribution is 2.13. The minimum atomic E-state index is 0.175. The highest BCUT2D eigenvalue weighted by Gasteiger charge is 2.14. The van der Waals surface area contributed by atoms with Crippen molar-refractivity contribution in [2.24, 2.45) is 0 Å². The van der Waals surface area contributed by atoms with Gasteiger partial charge in [-0.2, -0.15) is 0 Å². The molecule has 1 amide bonds. The van der Waals surface area contributed by atoms with Crippen molar-refractivity contribution >= 4 is 11.6 Å². The van der Waals surface area contributed by atoms with Crippen molar-refractivity contribution in [2.45, 2.75) is 31.7 Å². The van der Waals surface area contributed by atoms with E-state index in [9.17, 15) is 4.79 Å². The molecule has 1 aliphatic heterocycles. The summed E-state index contributed by atoms with van der Waals surface area (Å²) in [6.45, 7) is 2.02. The molecule has 110 valence electrons. The number of amides is 1. The molecule has 1 aromatic carbocycles. The van der Waals surface area contributed by atoms with E-state index in [0.29, 0.717) is 12.5 Å². The number of carbonyl (C=O) groups is 1. The molecular formula is C16H25N3O. The summed E-state index contributed by atoms with van der Waals surface area (Å²) in [6, 6.07) is 8.76. The number of hydrogen-bond acceptors (Lipinski definition) is 3. The van der Waals surface area contributed by atoms with Crippen molar-refractivity contribution in [3.63, 3.8) is 0 Å². The van der Waals surface area contributed by atoms with E-state index in [1.165, 1.54) is 11.3 Å². The maximum Gasteiger partial charge on any atom is 0.220 e. The number of nitrogens with zero attached hydrogens (tertiary/aromatic N) is 1. The van der Waals surface area contributed by atoms with E-state index in [-0.39, 0.29) is 5.91 Å². The first kappa shape index (κ1) is 14.9. The van der Waals surface area contributed by atoms with Gasteiger partial charge in [-0.15, -0.1) is 0 Å². The molecular weight excluding hydrogens is 250 g/mol. The first-order chi connectivity index (χ1) is 9.65. The highest BCUT2D eigenvalue weighted by atomic mass is 16.1. The molecule has 4 heteroatoms. The van der Waals surface area contributed by atoms with Gasteiger partial charge in [-0.1, -0.05) is 12.1 Å². The Balaban J connectivity index is 1.74. The lowest BCUT2D eigenvalue weighted by atomic mass is 10.1. The minimum absolute atomic E-state index is 0.175. The monoisotopic (exact) mass is 275 g/mol. The van der Waals surface area contributed by atoms with Crippen LogP contribution in [0.3, 0.4) is 0 Å². The Bertz CT molecular complexity index is 422. The van der Waals surface area contributed by atoms with E-state index in [0.717, 1.165) is 32.4 Å². The first-order valence-corrected chi connectivity index (χ1v) is 7.41. The predicted molar refractivity (Wildman–Crippen MR) is 83.1 cm³/mol. The third-order valence-corrected chi connectivity index (χ3v) is 3.80. The Morgan fingerprint density at radius 3 is 2.50 bits per heavy atom. The smallest absolute Gasteiger partial charge is 0.220 e. The fourth-order valence-electron chi connectivity index (χ4n) is 2.48. The lowest BCUT2D eigenvalue weighted by Crippen LogP contribution is -2.42. The second-order valence-corrected chi connectivity index (χ2v) is 5.65. The van der Waals surface area contributed by atoms with Crippen LogP contribution in [0.15, 0.2) is 24.3 Å². The van der Waals surface area contributed by atoms with Gasteiger partial charge in [0.1, 0.15) is 0 Å². The van der Waals surface area contributed by atoms with Gasteiger partial charge in [0, 0.05) is 32.2 Å². The highest BCUT2D eigenvalue weighted by molar-refractivity contribution is 5.76. The molecule has 1 saturated heterocycles. The van der Waals surface area contributed by atoms with E-state index < -0.39 is 0 Å². The Hall–Kier alpha value is -1.55. The van der Waals surface area contributed by atoms with Crippen molar-refractivity contribution in [1.29, 1.82) is 0 Å². The molecule has 1 heterocycles.